The predicted molar refractivity (Wildman–Crippen MR) is 163 cm³/mol. The molecule has 2 aliphatic rings. The van der Waals surface area contributed by atoms with Crippen molar-refractivity contribution in [3.05, 3.63) is 98.4 Å². The van der Waals surface area contributed by atoms with Crippen molar-refractivity contribution in [3.63, 3.8) is 0 Å². The molecule has 4 atom stereocenters. The van der Waals surface area contributed by atoms with E-state index in [9.17, 15) is 23.2 Å². The monoisotopic (exact) mass is 662 g/mol. The summed E-state index contributed by atoms with van der Waals surface area (Å²) in [7, 11) is -2.19. The number of hydroxylamine groups is 1. The first-order valence-corrected chi connectivity index (χ1v) is 16.7. The predicted octanol–water partition coefficient (Wildman–Crippen LogP) is 4.02. The SMILES string of the molecule is COc1cccc2c1[C@@H](C(=O)NOCc1cccc[n+]1[O-])[C@H](c1ccc(Cl)cc1Cl)N([C@H]1CCCC[C@@H]1NS(C)(=O)=O)C2=O. The largest absolute Gasteiger partial charge is 0.618 e. The zero-order chi connectivity index (χ0) is 31.6. The molecule has 0 bridgehead atoms. The van der Waals surface area contributed by atoms with Crippen LogP contribution in [0.1, 0.15) is 64.8 Å². The van der Waals surface area contributed by atoms with Crippen molar-refractivity contribution in [3.8, 4) is 5.75 Å². The van der Waals surface area contributed by atoms with Crippen LogP contribution in [-0.4, -0.2) is 50.6 Å². The maximum absolute atomic E-state index is 14.5. The summed E-state index contributed by atoms with van der Waals surface area (Å²) in [6.45, 7) is -0.223. The molecule has 5 rings (SSSR count). The fourth-order valence-corrected chi connectivity index (χ4v) is 7.54. The van der Waals surface area contributed by atoms with E-state index in [-0.39, 0.29) is 22.9 Å². The van der Waals surface area contributed by atoms with Crippen molar-refractivity contribution in [2.24, 2.45) is 0 Å². The lowest BCUT2D eigenvalue weighted by Crippen LogP contribution is -2.59. The average Bonchev–Trinajstić information content (AvgIpc) is 2.97. The lowest BCUT2D eigenvalue weighted by atomic mass is 9.76. The fraction of sp³-hybridized carbons (Fsp3) is 0.367. The highest BCUT2D eigenvalue weighted by atomic mass is 35.5. The van der Waals surface area contributed by atoms with Crippen LogP contribution in [0.2, 0.25) is 10.0 Å². The molecule has 2 heterocycles. The van der Waals surface area contributed by atoms with E-state index in [0.717, 1.165) is 19.1 Å². The van der Waals surface area contributed by atoms with E-state index >= 15 is 0 Å². The van der Waals surface area contributed by atoms with Crippen LogP contribution in [0.5, 0.6) is 5.75 Å². The summed E-state index contributed by atoms with van der Waals surface area (Å²) in [5.41, 5.74) is 3.73. The topological polar surface area (TPSA) is 141 Å². The quantitative estimate of drug-likeness (QED) is 0.200. The maximum atomic E-state index is 14.5. The highest BCUT2D eigenvalue weighted by Gasteiger charge is 2.50. The molecule has 0 radical (unpaired) electrons. The zero-order valence-corrected chi connectivity index (χ0v) is 26.4. The molecule has 14 heteroatoms. The number of fused-ring (bicyclic) bond motifs is 1. The van der Waals surface area contributed by atoms with Crippen LogP contribution in [0.25, 0.3) is 0 Å². The minimum Gasteiger partial charge on any atom is -0.618 e. The molecule has 1 saturated carbocycles. The highest BCUT2D eigenvalue weighted by Crippen LogP contribution is 2.50. The number of methoxy groups -OCH3 is 1. The Kier molecular flexibility index (Phi) is 9.66. The van der Waals surface area contributed by atoms with Crippen LogP contribution in [0.4, 0.5) is 0 Å². The van der Waals surface area contributed by atoms with E-state index < -0.39 is 45.9 Å². The Morgan fingerprint density at radius 3 is 2.59 bits per heavy atom. The summed E-state index contributed by atoms with van der Waals surface area (Å²) >= 11 is 13.0. The van der Waals surface area contributed by atoms with Gasteiger partial charge in [-0.2, -0.15) is 4.73 Å². The van der Waals surface area contributed by atoms with E-state index in [1.165, 1.54) is 19.4 Å². The molecule has 1 aromatic heterocycles. The van der Waals surface area contributed by atoms with Crippen molar-refractivity contribution in [1.29, 1.82) is 0 Å². The van der Waals surface area contributed by atoms with Gasteiger partial charge in [-0.25, -0.2) is 18.6 Å². The van der Waals surface area contributed by atoms with Crippen LogP contribution >= 0.6 is 23.2 Å². The first-order chi connectivity index (χ1) is 21.0. The summed E-state index contributed by atoms with van der Waals surface area (Å²) in [6, 6.07) is 12.3. The third-order valence-corrected chi connectivity index (χ3v) is 9.28. The molecule has 234 valence electrons. The molecular weight excluding hydrogens is 631 g/mol. The van der Waals surface area contributed by atoms with Gasteiger partial charge in [0, 0.05) is 45.4 Å². The molecule has 44 heavy (non-hydrogen) atoms. The molecule has 0 saturated heterocycles. The number of halogens is 2. The molecule has 2 N–H and O–H groups in total. The van der Waals surface area contributed by atoms with Gasteiger partial charge in [0.2, 0.25) is 15.7 Å². The first-order valence-electron chi connectivity index (χ1n) is 14.0. The molecule has 11 nitrogen and oxygen atoms in total. The van der Waals surface area contributed by atoms with E-state index in [2.05, 4.69) is 10.2 Å². The summed E-state index contributed by atoms with van der Waals surface area (Å²) in [4.78, 5) is 35.8. The third kappa shape index (κ3) is 6.64. The van der Waals surface area contributed by atoms with Gasteiger partial charge >= 0.3 is 0 Å². The number of ether oxygens (including phenoxy) is 1. The second kappa shape index (κ2) is 13.3. The number of nitrogens with zero attached hydrogens (tertiary/aromatic N) is 2. The van der Waals surface area contributed by atoms with Crippen molar-refractivity contribution < 1.29 is 32.3 Å². The number of benzene rings is 2. The summed E-state index contributed by atoms with van der Waals surface area (Å²) in [6.07, 6.45) is 4.89. The minimum absolute atomic E-state index is 0.220. The highest BCUT2D eigenvalue weighted by molar-refractivity contribution is 7.88. The molecule has 1 aliphatic carbocycles. The molecular formula is C30H32Cl2N4O7S. The first kappa shape index (κ1) is 32.0. The Morgan fingerprint density at radius 2 is 1.89 bits per heavy atom. The normalized spacial score (nSPS) is 21.9. The lowest BCUT2D eigenvalue weighted by Gasteiger charge is -2.49. The zero-order valence-electron chi connectivity index (χ0n) is 24.0. The summed E-state index contributed by atoms with van der Waals surface area (Å²) in [5.74, 6) is -1.83. The van der Waals surface area contributed by atoms with Crippen LogP contribution in [0.15, 0.2) is 60.8 Å². The molecule has 1 aliphatic heterocycles. The third-order valence-electron chi connectivity index (χ3n) is 7.99. The summed E-state index contributed by atoms with van der Waals surface area (Å²) in [5, 5.41) is 12.7. The van der Waals surface area contributed by atoms with Gasteiger partial charge in [-0.15, -0.1) is 0 Å². The Morgan fingerprint density at radius 1 is 1.11 bits per heavy atom. The van der Waals surface area contributed by atoms with Crippen molar-refractivity contribution >= 4 is 45.0 Å². The van der Waals surface area contributed by atoms with E-state index in [1.54, 1.807) is 53.4 Å². The number of pyridine rings is 1. The standard InChI is InChI=1S/C30H32Cl2N4O7S/c1-42-25-12-7-9-21-26(25)27(29(37)33-43-17-19-8-5-6-15-35(19)39)28(20-14-13-18(31)16-22(20)32)36(30(21)38)24-11-4-3-10-23(24)34-44(2,40)41/h5-9,12-16,23-24,27-28,34H,3-4,10-11,17H2,1-2H3,(H,33,37)/t23-,24-,27+,28-/m0/s1. The molecule has 1 fully saturated rings. The minimum atomic E-state index is -3.63. The number of aromatic nitrogens is 1. The van der Waals surface area contributed by atoms with E-state index in [0.29, 0.717) is 39.5 Å². The Balaban J connectivity index is 1.65. The number of sulfonamides is 1. The lowest BCUT2D eigenvalue weighted by molar-refractivity contribution is -0.616. The number of amides is 2. The van der Waals surface area contributed by atoms with Gasteiger partial charge in [0.15, 0.2) is 12.8 Å². The van der Waals surface area contributed by atoms with Crippen LogP contribution in [0.3, 0.4) is 0 Å². The average molecular weight is 664 g/mol. The molecule has 0 spiro atoms. The maximum Gasteiger partial charge on any atom is 0.255 e. The fourth-order valence-electron chi connectivity index (χ4n) is 6.19. The van der Waals surface area contributed by atoms with Crippen LogP contribution in [-0.2, 0) is 26.3 Å². The van der Waals surface area contributed by atoms with Gasteiger partial charge in [0.1, 0.15) is 5.75 Å². The molecule has 2 aromatic carbocycles. The second-order valence-corrected chi connectivity index (χ2v) is 13.5. The van der Waals surface area contributed by atoms with Crippen molar-refractivity contribution in [1.82, 2.24) is 15.1 Å². The number of carbonyl (C=O) groups is 2. The van der Waals surface area contributed by atoms with Gasteiger partial charge in [0.25, 0.3) is 11.8 Å². The Bertz CT molecular complexity index is 1670. The van der Waals surface area contributed by atoms with Crippen LogP contribution in [0, 0.1) is 5.21 Å². The Hall–Kier alpha value is -3.42. The Labute approximate surface area is 265 Å². The number of nitrogens with one attached hydrogen (secondary N) is 2. The molecule has 3 aromatic rings. The number of rotatable bonds is 9. The molecule has 2 amide bonds. The van der Waals surface area contributed by atoms with Gasteiger partial charge < -0.3 is 14.8 Å². The molecule has 0 unspecified atom stereocenters. The van der Waals surface area contributed by atoms with Crippen molar-refractivity contribution in [2.45, 2.75) is 56.3 Å². The van der Waals surface area contributed by atoms with Gasteiger partial charge in [0.05, 0.1) is 25.3 Å². The van der Waals surface area contributed by atoms with Gasteiger partial charge in [-0.1, -0.05) is 48.2 Å². The summed E-state index contributed by atoms with van der Waals surface area (Å²) < 4.78 is 33.8. The van der Waals surface area contributed by atoms with Gasteiger partial charge in [-0.3, -0.25) is 14.4 Å². The second-order valence-electron chi connectivity index (χ2n) is 10.8. The van der Waals surface area contributed by atoms with E-state index in [4.69, 9.17) is 32.8 Å². The van der Waals surface area contributed by atoms with Crippen molar-refractivity contribution in [2.75, 3.05) is 13.4 Å². The van der Waals surface area contributed by atoms with Crippen LogP contribution < -0.4 is 19.7 Å². The smallest absolute Gasteiger partial charge is 0.255 e. The number of hydrogen-bond donors (Lipinski definition) is 2. The van der Waals surface area contributed by atoms with Gasteiger partial charge in [-0.05, 0) is 48.7 Å². The number of carbonyl (C=O) groups excluding carboxylic acids is 2. The van der Waals surface area contributed by atoms with E-state index in [1.807, 2.05) is 0 Å². The number of hydrogen-bond acceptors (Lipinski definition) is 7.